The predicted octanol–water partition coefficient (Wildman–Crippen LogP) is 3.51. The molecule has 1 amide bonds. The van der Waals surface area contributed by atoms with E-state index in [1.54, 1.807) is 6.20 Å². The summed E-state index contributed by atoms with van der Waals surface area (Å²) in [5.74, 6) is 0.0588. The summed E-state index contributed by atoms with van der Waals surface area (Å²) in [5, 5.41) is 0.906. The number of carbonyl (C=O) groups excluding carboxylic acids is 1. The molecule has 2 aromatic carbocycles. The average Bonchev–Trinajstić information content (AvgIpc) is 3.26. The van der Waals surface area contributed by atoms with E-state index in [4.69, 9.17) is 4.74 Å². The van der Waals surface area contributed by atoms with Crippen molar-refractivity contribution in [1.29, 1.82) is 0 Å². The van der Waals surface area contributed by atoms with Crippen molar-refractivity contribution < 1.29 is 9.53 Å². The summed E-state index contributed by atoms with van der Waals surface area (Å²) >= 11 is 0. The number of fused-ring (bicyclic) bond motifs is 3. The molecule has 0 aliphatic carbocycles. The minimum Gasteiger partial charge on any atom is -0.364 e. The second-order valence-corrected chi connectivity index (χ2v) is 6.79. The number of carbonyl (C=O) groups is 1. The Bertz CT molecular complexity index is 979. The first-order chi connectivity index (χ1) is 12.3. The van der Waals surface area contributed by atoms with E-state index in [0.717, 1.165) is 17.3 Å². The Hall–Kier alpha value is -2.72. The highest BCUT2D eigenvalue weighted by Gasteiger charge is 2.46. The van der Waals surface area contributed by atoms with Crippen LogP contribution in [0.5, 0.6) is 0 Å². The van der Waals surface area contributed by atoms with Crippen LogP contribution < -0.4 is 0 Å². The van der Waals surface area contributed by atoms with E-state index in [9.17, 15) is 4.79 Å². The minimum atomic E-state index is -0.338. The minimum absolute atomic E-state index is 0.0588. The van der Waals surface area contributed by atoms with Crippen molar-refractivity contribution in [3.8, 4) is 0 Å². The molecule has 0 saturated carbocycles. The zero-order valence-corrected chi connectivity index (χ0v) is 13.8. The van der Waals surface area contributed by atoms with Gasteiger partial charge >= 0.3 is 0 Å². The Morgan fingerprint density at radius 1 is 1.08 bits per heavy atom. The fourth-order valence-electron chi connectivity index (χ4n) is 4.14. The van der Waals surface area contributed by atoms with Crippen LogP contribution in [0, 0.1) is 0 Å². The van der Waals surface area contributed by atoms with Gasteiger partial charge < -0.3 is 9.64 Å². The summed E-state index contributed by atoms with van der Waals surface area (Å²) in [7, 11) is 0. The molecule has 1 atom stereocenters. The van der Waals surface area contributed by atoms with Crippen LogP contribution in [-0.4, -0.2) is 28.9 Å². The largest absolute Gasteiger partial charge is 0.364 e. The van der Waals surface area contributed by atoms with Gasteiger partial charge in [0.05, 0.1) is 18.7 Å². The molecule has 0 unspecified atom stereocenters. The summed E-state index contributed by atoms with van der Waals surface area (Å²) in [6.45, 7) is 1.96. The van der Waals surface area contributed by atoms with E-state index in [2.05, 4.69) is 23.2 Å². The molecule has 1 fully saturated rings. The Balaban J connectivity index is 1.49. The van der Waals surface area contributed by atoms with Crippen LogP contribution in [0.25, 0.3) is 10.9 Å². The molecular weight excluding hydrogens is 312 g/mol. The third-order valence-electron chi connectivity index (χ3n) is 5.41. The number of aromatic nitrogens is 1. The number of ether oxygens (including phenoxy) is 1. The van der Waals surface area contributed by atoms with Gasteiger partial charge in [0.1, 0.15) is 5.60 Å². The van der Waals surface area contributed by atoms with Crippen LogP contribution in [0.15, 0.2) is 60.8 Å². The summed E-state index contributed by atoms with van der Waals surface area (Å²) in [5.41, 5.74) is 3.71. The first-order valence-corrected chi connectivity index (χ1v) is 8.62. The highest BCUT2D eigenvalue weighted by atomic mass is 16.5. The molecule has 4 heteroatoms. The smallest absolute Gasteiger partial charge is 0.254 e. The maximum atomic E-state index is 13.2. The van der Waals surface area contributed by atoms with Crippen molar-refractivity contribution in [3.05, 3.63) is 77.5 Å². The molecule has 1 saturated heterocycles. The van der Waals surface area contributed by atoms with E-state index >= 15 is 0 Å². The van der Waals surface area contributed by atoms with Gasteiger partial charge in [-0.3, -0.25) is 9.78 Å². The molecule has 124 valence electrons. The quantitative estimate of drug-likeness (QED) is 0.686. The number of rotatable bonds is 1. The van der Waals surface area contributed by atoms with Crippen LogP contribution in [0.2, 0.25) is 0 Å². The molecule has 4 nitrogen and oxygen atoms in total. The van der Waals surface area contributed by atoms with Gasteiger partial charge in [-0.05, 0) is 35.7 Å². The Morgan fingerprint density at radius 3 is 2.96 bits per heavy atom. The fraction of sp³-hybridized carbons (Fsp3) is 0.238. The van der Waals surface area contributed by atoms with Crippen LogP contribution in [0.3, 0.4) is 0 Å². The molecule has 1 aromatic heterocycles. The van der Waals surface area contributed by atoms with Gasteiger partial charge in [0.25, 0.3) is 5.91 Å². The molecule has 25 heavy (non-hydrogen) atoms. The van der Waals surface area contributed by atoms with Gasteiger partial charge in [-0.1, -0.05) is 36.4 Å². The van der Waals surface area contributed by atoms with Crippen LogP contribution in [0.1, 0.15) is 27.9 Å². The number of nitrogens with zero attached hydrogens (tertiary/aromatic N) is 2. The van der Waals surface area contributed by atoms with Crippen molar-refractivity contribution in [2.75, 3.05) is 13.1 Å². The number of pyridine rings is 1. The first kappa shape index (κ1) is 14.6. The van der Waals surface area contributed by atoms with E-state index in [1.165, 1.54) is 11.1 Å². The van der Waals surface area contributed by atoms with Crippen molar-refractivity contribution in [1.82, 2.24) is 9.88 Å². The summed E-state index contributed by atoms with van der Waals surface area (Å²) in [4.78, 5) is 19.4. The molecule has 5 rings (SSSR count). The van der Waals surface area contributed by atoms with Gasteiger partial charge in [-0.2, -0.15) is 0 Å². The van der Waals surface area contributed by atoms with Gasteiger partial charge in [0, 0.05) is 23.7 Å². The highest BCUT2D eigenvalue weighted by molar-refractivity contribution is 6.06. The molecule has 0 radical (unpaired) electrons. The van der Waals surface area contributed by atoms with Crippen LogP contribution in [-0.2, 0) is 16.9 Å². The monoisotopic (exact) mass is 330 g/mol. The number of amides is 1. The Kier molecular flexibility index (Phi) is 3.15. The average molecular weight is 330 g/mol. The van der Waals surface area contributed by atoms with Crippen molar-refractivity contribution >= 4 is 16.8 Å². The molecule has 0 N–H and O–H groups in total. The van der Waals surface area contributed by atoms with Gasteiger partial charge in [-0.15, -0.1) is 0 Å². The summed E-state index contributed by atoms with van der Waals surface area (Å²) in [6, 6.07) is 17.9. The van der Waals surface area contributed by atoms with Crippen molar-refractivity contribution in [2.24, 2.45) is 0 Å². The summed E-state index contributed by atoms with van der Waals surface area (Å²) < 4.78 is 6.17. The number of likely N-dealkylation sites (tertiary alicyclic amines) is 1. The first-order valence-electron chi connectivity index (χ1n) is 8.62. The third-order valence-corrected chi connectivity index (χ3v) is 5.41. The fourth-order valence-corrected chi connectivity index (χ4v) is 4.14. The summed E-state index contributed by atoms with van der Waals surface area (Å²) in [6.07, 6.45) is 2.60. The molecule has 1 spiro atoms. The second kappa shape index (κ2) is 5.39. The topological polar surface area (TPSA) is 42.4 Å². The Labute approximate surface area is 146 Å². The Morgan fingerprint density at radius 2 is 2.00 bits per heavy atom. The van der Waals surface area contributed by atoms with Crippen molar-refractivity contribution in [3.63, 3.8) is 0 Å². The highest BCUT2D eigenvalue weighted by Crippen LogP contribution is 2.43. The zero-order valence-electron chi connectivity index (χ0n) is 13.8. The van der Waals surface area contributed by atoms with Gasteiger partial charge in [0.15, 0.2) is 0 Å². The van der Waals surface area contributed by atoms with Crippen molar-refractivity contribution in [2.45, 2.75) is 18.6 Å². The second-order valence-electron chi connectivity index (χ2n) is 6.79. The molecule has 2 aliphatic rings. The lowest BCUT2D eigenvalue weighted by Gasteiger charge is -2.25. The van der Waals surface area contributed by atoms with E-state index in [0.29, 0.717) is 25.3 Å². The maximum absolute atomic E-state index is 13.2. The standard InChI is InChI=1S/C21H18N2O2/c24-20(17-6-3-9-19-16(17)7-4-11-22-19)23-12-10-21(14-23)18-8-2-1-5-15(18)13-25-21/h1-9,11H,10,12-14H2/t21-/m1/s1. The number of hydrogen-bond donors (Lipinski definition) is 0. The lowest BCUT2D eigenvalue weighted by Crippen LogP contribution is -2.34. The predicted molar refractivity (Wildman–Crippen MR) is 95.2 cm³/mol. The number of hydrogen-bond acceptors (Lipinski definition) is 3. The molecule has 0 bridgehead atoms. The molecule has 2 aliphatic heterocycles. The molecule has 3 heterocycles. The van der Waals surface area contributed by atoms with Gasteiger partial charge in [0.2, 0.25) is 0 Å². The SMILES string of the molecule is O=C(c1cccc2ncccc12)N1CC[C@]2(C1)OCc1ccccc12. The number of benzene rings is 2. The van der Waals surface area contributed by atoms with E-state index < -0.39 is 0 Å². The van der Waals surface area contributed by atoms with Crippen LogP contribution in [0.4, 0.5) is 0 Å². The third kappa shape index (κ3) is 2.18. The van der Waals surface area contributed by atoms with Crippen LogP contribution >= 0.6 is 0 Å². The lowest BCUT2D eigenvalue weighted by atomic mass is 9.92. The molecular formula is C21H18N2O2. The maximum Gasteiger partial charge on any atom is 0.254 e. The normalized spacial score (nSPS) is 21.8. The zero-order chi connectivity index (χ0) is 16.9. The van der Waals surface area contributed by atoms with Gasteiger partial charge in [-0.25, -0.2) is 0 Å². The lowest BCUT2D eigenvalue weighted by molar-refractivity contribution is -0.0282. The molecule has 3 aromatic rings. The van der Waals surface area contributed by atoms with E-state index in [-0.39, 0.29) is 11.5 Å². The van der Waals surface area contributed by atoms with E-state index in [1.807, 2.05) is 41.3 Å².